The van der Waals surface area contributed by atoms with Gasteiger partial charge in [-0.1, -0.05) is 6.92 Å². The Morgan fingerprint density at radius 1 is 1.13 bits per heavy atom. The van der Waals surface area contributed by atoms with Crippen molar-refractivity contribution in [3.05, 3.63) is 59.7 Å². The SMILES string of the molecule is C[c-]1cccc1C(N)N.[Fe].[cH-]1[cH-][cH-][cH-][cH-]1. The van der Waals surface area contributed by atoms with Crippen LogP contribution in [0.5, 0.6) is 0 Å². The predicted octanol–water partition coefficient (Wildman–Crippen LogP) is 2.03. The van der Waals surface area contributed by atoms with Crippen LogP contribution in [0.2, 0.25) is 0 Å². The maximum atomic E-state index is 5.44. The Kier molecular flexibility index (Phi) is 7.01. The molecule has 0 heterocycles. The second-order valence-electron chi connectivity index (χ2n) is 3.15. The van der Waals surface area contributed by atoms with E-state index in [0.29, 0.717) is 0 Å². The van der Waals surface area contributed by atoms with Crippen molar-refractivity contribution >= 4 is 0 Å². The molecule has 0 aliphatic rings. The summed E-state index contributed by atoms with van der Waals surface area (Å²) < 4.78 is 0. The molecule has 0 fully saturated rings. The fourth-order valence-electron chi connectivity index (χ4n) is 1.22. The zero-order valence-corrected chi connectivity index (χ0v) is 9.81. The van der Waals surface area contributed by atoms with Gasteiger partial charge in [0.15, 0.2) is 0 Å². The molecule has 3 heteroatoms. The maximum absolute atomic E-state index is 5.44. The Labute approximate surface area is 101 Å². The molecule has 15 heavy (non-hydrogen) atoms. The molecule has 2 aromatic rings. The molecule has 0 bridgehead atoms. The first-order chi connectivity index (χ1) is 6.72. The minimum Gasteiger partial charge on any atom is -0.748 e. The van der Waals surface area contributed by atoms with Crippen LogP contribution in [0.25, 0.3) is 0 Å². The summed E-state index contributed by atoms with van der Waals surface area (Å²) in [5.41, 5.74) is 13.1. The summed E-state index contributed by atoms with van der Waals surface area (Å²) in [5, 5.41) is 0. The summed E-state index contributed by atoms with van der Waals surface area (Å²) in [6, 6.07) is 15.9. The van der Waals surface area contributed by atoms with Crippen LogP contribution in [-0.4, -0.2) is 0 Å². The molecule has 0 spiro atoms. The fraction of sp³-hybridized carbons (Fsp3) is 0.167. The molecule has 0 unspecified atom stereocenters. The van der Waals surface area contributed by atoms with Crippen molar-refractivity contribution in [3.63, 3.8) is 0 Å². The van der Waals surface area contributed by atoms with Gasteiger partial charge in [0.1, 0.15) is 0 Å². The van der Waals surface area contributed by atoms with Crippen LogP contribution >= 0.6 is 0 Å². The van der Waals surface area contributed by atoms with Crippen molar-refractivity contribution in [1.29, 1.82) is 0 Å². The molecule has 0 aromatic heterocycles. The first kappa shape index (κ1) is 14.1. The van der Waals surface area contributed by atoms with Gasteiger partial charge in [-0.2, -0.15) is 11.6 Å². The number of aryl methyl sites for hydroxylation is 1. The van der Waals surface area contributed by atoms with Crippen LogP contribution in [0, 0.1) is 6.92 Å². The molecule has 88 valence electrons. The van der Waals surface area contributed by atoms with E-state index in [4.69, 9.17) is 11.5 Å². The minimum atomic E-state index is -0.319. The fourth-order valence-corrected chi connectivity index (χ4v) is 1.22. The third kappa shape index (κ3) is 4.96. The van der Waals surface area contributed by atoms with Crippen LogP contribution in [0.1, 0.15) is 17.3 Å². The predicted molar refractivity (Wildman–Crippen MR) is 59.9 cm³/mol. The first-order valence-corrected chi connectivity index (χ1v) is 4.62. The van der Waals surface area contributed by atoms with Crippen LogP contribution in [0.3, 0.4) is 0 Å². The number of hydrogen-bond donors (Lipinski definition) is 2. The third-order valence-electron chi connectivity index (χ3n) is 1.99. The molecule has 0 amide bonds. The molecule has 0 radical (unpaired) electrons. The summed E-state index contributed by atoms with van der Waals surface area (Å²) in [6.45, 7) is 2.00. The van der Waals surface area contributed by atoms with E-state index in [0.717, 1.165) is 5.56 Å². The second kappa shape index (κ2) is 7.43. The molecule has 2 nitrogen and oxygen atoms in total. The summed E-state index contributed by atoms with van der Waals surface area (Å²) in [5.74, 6) is 0. The monoisotopic (exact) mass is 244 g/mol. The van der Waals surface area contributed by atoms with Crippen LogP contribution in [0.15, 0.2) is 48.5 Å². The minimum absolute atomic E-state index is 0. The molecule has 0 saturated carbocycles. The van der Waals surface area contributed by atoms with Crippen molar-refractivity contribution in [2.75, 3.05) is 0 Å². The van der Waals surface area contributed by atoms with Gasteiger partial charge >= 0.3 is 0 Å². The van der Waals surface area contributed by atoms with E-state index in [-0.39, 0.29) is 23.2 Å². The molecule has 2 aromatic carbocycles. The van der Waals surface area contributed by atoms with Gasteiger partial charge in [-0.05, 0) is 0 Å². The zero-order valence-electron chi connectivity index (χ0n) is 8.70. The molecular formula is C12H16FeN2-6. The second-order valence-corrected chi connectivity index (χ2v) is 3.15. The van der Waals surface area contributed by atoms with Gasteiger partial charge in [0.25, 0.3) is 0 Å². The van der Waals surface area contributed by atoms with Gasteiger partial charge in [0.05, 0.1) is 6.17 Å². The summed E-state index contributed by atoms with van der Waals surface area (Å²) in [6.07, 6.45) is -0.319. The van der Waals surface area contributed by atoms with E-state index in [2.05, 4.69) is 0 Å². The average molecular weight is 244 g/mol. The van der Waals surface area contributed by atoms with Gasteiger partial charge < -0.3 is 41.8 Å². The Balaban J connectivity index is 0.000000280. The molecule has 4 N–H and O–H groups in total. The van der Waals surface area contributed by atoms with Crippen molar-refractivity contribution < 1.29 is 17.1 Å². The van der Waals surface area contributed by atoms with Crippen LogP contribution in [-0.2, 0) is 17.1 Å². The van der Waals surface area contributed by atoms with E-state index < -0.39 is 0 Å². The zero-order chi connectivity index (χ0) is 10.4. The van der Waals surface area contributed by atoms with Crippen LogP contribution in [0.4, 0.5) is 0 Å². The van der Waals surface area contributed by atoms with E-state index in [9.17, 15) is 0 Å². The van der Waals surface area contributed by atoms with E-state index in [1.807, 2.05) is 55.5 Å². The Morgan fingerprint density at radius 3 is 1.80 bits per heavy atom. The Hall–Kier alpha value is -0.861. The summed E-state index contributed by atoms with van der Waals surface area (Å²) >= 11 is 0. The van der Waals surface area contributed by atoms with Crippen molar-refractivity contribution in [1.82, 2.24) is 0 Å². The summed E-state index contributed by atoms with van der Waals surface area (Å²) in [4.78, 5) is 0. The van der Waals surface area contributed by atoms with Crippen molar-refractivity contribution in [3.8, 4) is 0 Å². The maximum Gasteiger partial charge on any atom is 0.0551 e. The molecule has 0 aliphatic heterocycles. The van der Waals surface area contributed by atoms with Gasteiger partial charge in [0, 0.05) is 17.1 Å². The van der Waals surface area contributed by atoms with Crippen LogP contribution < -0.4 is 11.5 Å². The van der Waals surface area contributed by atoms with Gasteiger partial charge in [0.2, 0.25) is 0 Å². The first-order valence-electron chi connectivity index (χ1n) is 4.62. The topological polar surface area (TPSA) is 52.0 Å². The third-order valence-corrected chi connectivity index (χ3v) is 1.99. The molecular weight excluding hydrogens is 228 g/mol. The standard InChI is InChI=1S/C7H11N2.C5H5.Fe/c1-5-3-2-4-6(5)7(8)9;1-2-4-5-3-1;/h2-4,7H,8-9H2,1H3;1-5H;/q-1;-5;. The normalized spacial score (nSPS) is 9.07. The average Bonchev–Trinajstić information content (AvgIpc) is 2.74. The Bertz CT molecular complexity index is 319. The van der Waals surface area contributed by atoms with Crippen molar-refractivity contribution in [2.24, 2.45) is 11.5 Å². The molecule has 0 atom stereocenters. The van der Waals surface area contributed by atoms with Gasteiger partial charge in [-0.3, -0.25) is 0 Å². The number of rotatable bonds is 1. The van der Waals surface area contributed by atoms with E-state index in [1.54, 1.807) is 0 Å². The molecule has 0 aliphatic carbocycles. The largest absolute Gasteiger partial charge is 0.748 e. The van der Waals surface area contributed by atoms with Crippen molar-refractivity contribution in [2.45, 2.75) is 13.1 Å². The van der Waals surface area contributed by atoms with Gasteiger partial charge in [-0.25, -0.2) is 12.1 Å². The number of nitrogens with two attached hydrogens (primary N) is 2. The van der Waals surface area contributed by atoms with E-state index in [1.165, 1.54) is 5.56 Å². The molecule has 0 saturated heterocycles. The van der Waals surface area contributed by atoms with E-state index >= 15 is 0 Å². The van der Waals surface area contributed by atoms with Gasteiger partial charge in [-0.15, -0.1) is 5.56 Å². The number of hydrogen-bond acceptors (Lipinski definition) is 2. The Morgan fingerprint density at radius 2 is 1.60 bits per heavy atom. The summed E-state index contributed by atoms with van der Waals surface area (Å²) in [7, 11) is 0. The quantitative estimate of drug-likeness (QED) is 0.458. The molecule has 2 rings (SSSR count). The smallest absolute Gasteiger partial charge is 0.0551 e.